The van der Waals surface area contributed by atoms with E-state index < -0.39 is 5.97 Å². The van der Waals surface area contributed by atoms with Crippen LogP contribution in [0.1, 0.15) is 18.1 Å². The quantitative estimate of drug-likeness (QED) is 0.531. The number of cyclic esters (lactones) is 1. The Bertz CT molecular complexity index is 1090. The van der Waals surface area contributed by atoms with Crippen molar-refractivity contribution in [2.24, 2.45) is 0 Å². The first-order valence-electron chi connectivity index (χ1n) is 8.75. The first kappa shape index (κ1) is 16.9. The van der Waals surface area contributed by atoms with Crippen molar-refractivity contribution in [1.82, 2.24) is 0 Å². The molecule has 0 saturated heterocycles. The molecule has 0 fully saturated rings. The SMILES string of the molecule is CCOc1cc(/C=C2/C=C(c3cccc4ccccc34)OC2=O)ccc1O. The molecule has 0 spiro atoms. The van der Waals surface area contributed by atoms with Gasteiger partial charge in [0.25, 0.3) is 0 Å². The number of esters is 1. The number of hydrogen-bond donors (Lipinski definition) is 1. The van der Waals surface area contributed by atoms with Crippen LogP contribution in [0.25, 0.3) is 22.6 Å². The fourth-order valence-electron chi connectivity index (χ4n) is 3.13. The van der Waals surface area contributed by atoms with Crippen molar-refractivity contribution in [3.05, 3.63) is 83.4 Å². The van der Waals surface area contributed by atoms with Crippen molar-refractivity contribution < 1.29 is 19.4 Å². The predicted octanol–water partition coefficient (Wildman–Crippen LogP) is 4.93. The van der Waals surface area contributed by atoms with Gasteiger partial charge >= 0.3 is 5.97 Å². The molecule has 0 atom stereocenters. The lowest BCUT2D eigenvalue weighted by molar-refractivity contribution is -0.130. The van der Waals surface area contributed by atoms with E-state index in [1.165, 1.54) is 0 Å². The Morgan fingerprint density at radius 2 is 1.89 bits per heavy atom. The number of phenolic OH excluding ortho intramolecular Hbond substituents is 1. The molecule has 0 radical (unpaired) electrons. The molecule has 0 saturated carbocycles. The maximum atomic E-state index is 12.4. The molecule has 0 aromatic heterocycles. The van der Waals surface area contributed by atoms with Gasteiger partial charge in [0.05, 0.1) is 12.2 Å². The molecule has 1 heterocycles. The summed E-state index contributed by atoms with van der Waals surface area (Å²) < 4.78 is 10.9. The second-order valence-electron chi connectivity index (χ2n) is 6.18. The van der Waals surface area contributed by atoms with E-state index in [2.05, 4.69) is 0 Å². The van der Waals surface area contributed by atoms with E-state index in [4.69, 9.17) is 9.47 Å². The lowest BCUT2D eigenvalue weighted by Crippen LogP contribution is -1.97. The summed E-state index contributed by atoms with van der Waals surface area (Å²) in [5, 5.41) is 11.9. The fraction of sp³-hybridized carbons (Fsp3) is 0.0870. The summed E-state index contributed by atoms with van der Waals surface area (Å²) in [5.41, 5.74) is 2.08. The minimum Gasteiger partial charge on any atom is -0.504 e. The predicted molar refractivity (Wildman–Crippen MR) is 105 cm³/mol. The molecule has 3 aromatic carbocycles. The zero-order valence-corrected chi connectivity index (χ0v) is 14.8. The maximum Gasteiger partial charge on any atom is 0.343 e. The fourth-order valence-corrected chi connectivity index (χ4v) is 3.13. The molecule has 0 unspecified atom stereocenters. The average Bonchev–Trinajstić information content (AvgIpc) is 3.04. The van der Waals surface area contributed by atoms with Gasteiger partial charge in [-0.3, -0.25) is 0 Å². The standard InChI is InChI=1S/C23H18O4/c1-2-26-22-13-15(10-11-20(22)24)12-17-14-21(27-23(17)25)19-9-5-7-16-6-3-4-8-18(16)19/h3-14,24H,2H2,1H3/b17-12-. The van der Waals surface area contributed by atoms with Gasteiger partial charge < -0.3 is 14.6 Å². The van der Waals surface area contributed by atoms with Gasteiger partial charge in [-0.15, -0.1) is 0 Å². The third-order valence-electron chi connectivity index (χ3n) is 4.39. The highest BCUT2D eigenvalue weighted by atomic mass is 16.5. The highest BCUT2D eigenvalue weighted by Crippen LogP contribution is 2.33. The summed E-state index contributed by atoms with van der Waals surface area (Å²) in [6.07, 6.45) is 3.47. The number of carbonyl (C=O) groups is 1. The Morgan fingerprint density at radius 1 is 1.07 bits per heavy atom. The first-order valence-corrected chi connectivity index (χ1v) is 8.75. The van der Waals surface area contributed by atoms with Crippen LogP contribution < -0.4 is 4.74 Å². The third-order valence-corrected chi connectivity index (χ3v) is 4.39. The number of hydrogen-bond acceptors (Lipinski definition) is 4. The van der Waals surface area contributed by atoms with Gasteiger partial charge in [0.2, 0.25) is 0 Å². The Hall–Kier alpha value is -3.53. The second-order valence-corrected chi connectivity index (χ2v) is 6.18. The van der Waals surface area contributed by atoms with E-state index in [9.17, 15) is 9.90 Å². The topological polar surface area (TPSA) is 55.8 Å². The van der Waals surface area contributed by atoms with Crippen LogP contribution in [0.5, 0.6) is 11.5 Å². The minimum atomic E-state index is -0.399. The van der Waals surface area contributed by atoms with E-state index in [-0.39, 0.29) is 5.75 Å². The molecule has 0 aliphatic carbocycles. The summed E-state index contributed by atoms with van der Waals surface area (Å²) >= 11 is 0. The van der Waals surface area contributed by atoms with Crippen molar-refractivity contribution in [3.8, 4) is 11.5 Å². The molecule has 0 amide bonds. The Balaban J connectivity index is 1.73. The number of phenols is 1. The van der Waals surface area contributed by atoms with Crippen molar-refractivity contribution in [2.75, 3.05) is 6.61 Å². The molecular weight excluding hydrogens is 340 g/mol. The van der Waals surface area contributed by atoms with E-state index in [0.717, 1.165) is 21.9 Å². The Labute approximate surface area is 157 Å². The summed E-state index contributed by atoms with van der Waals surface area (Å²) in [5.74, 6) is 0.590. The number of carbonyl (C=O) groups excluding carboxylic acids is 1. The van der Waals surface area contributed by atoms with Crippen LogP contribution in [0, 0.1) is 0 Å². The Morgan fingerprint density at radius 3 is 2.74 bits per heavy atom. The van der Waals surface area contributed by atoms with Crippen LogP contribution >= 0.6 is 0 Å². The van der Waals surface area contributed by atoms with Crippen LogP contribution in [0.15, 0.2) is 72.3 Å². The molecule has 4 rings (SSSR count). The lowest BCUT2D eigenvalue weighted by Gasteiger charge is -2.06. The average molecular weight is 358 g/mol. The summed E-state index contributed by atoms with van der Waals surface area (Å²) in [6, 6.07) is 18.9. The van der Waals surface area contributed by atoms with Crippen LogP contribution in [0.4, 0.5) is 0 Å². The van der Waals surface area contributed by atoms with Crippen molar-refractivity contribution in [2.45, 2.75) is 6.92 Å². The van der Waals surface area contributed by atoms with Gasteiger partial charge in [0, 0.05) is 5.56 Å². The monoisotopic (exact) mass is 358 g/mol. The van der Waals surface area contributed by atoms with E-state index in [1.54, 1.807) is 30.4 Å². The lowest BCUT2D eigenvalue weighted by atomic mass is 10.0. The van der Waals surface area contributed by atoms with Gasteiger partial charge in [0.1, 0.15) is 5.76 Å². The van der Waals surface area contributed by atoms with Gasteiger partial charge in [-0.25, -0.2) is 4.79 Å². The van der Waals surface area contributed by atoms with Crippen molar-refractivity contribution >= 4 is 28.6 Å². The minimum absolute atomic E-state index is 0.0694. The molecule has 1 aliphatic heterocycles. The zero-order valence-electron chi connectivity index (χ0n) is 14.8. The number of ether oxygens (including phenoxy) is 2. The second kappa shape index (κ2) is 7.00. The van der Waals surface area contributed by atoms with Gasteiger partial charge in [-0.2, -0.15) is 0 Å². The number of aromatic hydroxyl groups is 1. The highest BCUT2D eigenvalue weighted by molar-refractivity contribution is 6.07. The zero-order chi connectivity index (χ0) is 18.8. The molecule has 1 aliphatic rings. The summed E-state index contributed by atoms with van der Waals surface area (Å²) in [6.45, 7) is 2.29. The molecule has 4 heteroatoms. The van der Waals surface area contributed by atoms with E-state index in [1.807, 2.05) is 49.4 Å². The molecule has 3 aromatic rings. The summed E-state index contributed by atoms with van der Waals surface area (Å²) in [4.78, 5) is 12.4. The number of rotatable bonds is 4. The van der Waals surface area contributed by atoms with Gasteiger partial charge in [0.15, 0.2) is 11.5 Å². The van der Waals surface area contributed by atoms with Crippen LogP contribution in [0.2, 0.25) is 0 Å². The molecule has 0 bridgehead atoms. The highest BCUT2D eigenvalue weighted by Gasteiger charge is 2.23. The van der Waals surface area contributed by atoms with Gasteiger partial charge in [-0.05, 0) is 47.5 Å². The van der Waals surface area contributed by atoms with Crippen LogP contribution in [-0.2, 0) is 9.53 Å². The van der Waals surface area contributed by atoms with Crippen molar-refractivity contribution in [3.63, 3.8) is 0 Å². The maximum absolute atomic E-state index is 12.4. The number of benzene rings is 3. The molecule has 27 heavy (non-hydrogen) atoms. The van der Waals surface area contributed by atoms with Crippen molar-refractivity contribution in [1.29, 1.82) is 0 Å². The van der Waals surface area contributed by atoms with Crippen LogP contribution in [0.3, 0.4) is 0 Å². The smallest absolute Gasteiger partial charge is 0.343 e. The number of fused-ring (bicyclic) bond motifs is 1. The van der Waals surface area contributed by atoms with E-state index >= 15 is 0 Å². The Kier molecular flexibility index (Phi) is 4.38. The third kappa shape index (κ3) is 3.29. The first-order chi connectivity index (χ1) is 13.2. The van der Waals surface area contributed by atoms with E-state index in [0.29, 0.717) is 23.7 Å². The summed E-state index contributed by atoms with van der Waals surface area (Å²) in [7, 11) is 0. The normalized spacial score (nSPS) is 15.1. The molecular formula is C23H18O4. The molecule has 4 nitrogen and oxygen atoms in total. The molecule has 134 valence electrons. The van der Waals surface area contributed by atoms with Gasteiger partial charge in [-0.1, -0.05) is 48.5 Å². The molecule has 1 N–H and O–H groups in total. The van der Waals surface area contributed by atoms with Crippen LogP contribution in [-0.4, -0.2) is 17.7 Å². The largest absolute Gasteiger partial charge is 0.504 e.